The number of esters is 1. The lowest BCUT2D eigenvalue weighted by Crippen LogP contribution is -2.30. The molecule has 1 heterocycles. The third kappa shape index (κ3) is 4.69. The van der Waals surface area contributed by atoms with Crippen molar-refractivity contribution in [3.8, 4) is 17.2 Å². The van der Waals surface area contributed by atoms with Crippen molar-refractivity contribution in [3.05, 3.63) is 65.5 Å². The molecule has 0 radical (unpaired) electrons. The van der Waals surface area contributed by atoms with Crippen LogP contribution >= 0.6 is 0 Å². The third-order valence-corrected chi connectivity index (χ3v) is 4.80. The van der Waals surface area contributed by atoms with Gasteiger partial charge in [-0.2, -0.15) is 5.10 Å². The van der Waals surface area contributed by atoms with E-state index in [1.807, 2.05) is 30.3 Å². The van der Waals surface area contributed by atoms with E-state index < -0.39 is 18.0 Å². The molecule has 0 aliphatic heterocycles. The first-order valence-electron chi connectivity index (χ1n) is 9.71. The number of amides is 1. The summed E-state index contributed by atoms with van der Waals surface area (Å²) >= 11 is 0. The van der Waals surface area contributed by atoms with Crippen molar-refractivity contribution in [2.24, 2.45) is 0 Å². The SMILES string of the molecule is COc1ccc(NC(=O)[C@@H](C)OC(=O)c2c(C)nn(-c3ccccc3)c2C)cc1OC. The number of carbonyl (C=O) groups is 2. The first kappa shape index (κ1) is 21.9. The molecule has 0 fully saturated rings. The van der Waals surface area contributed by atoms with Gasteiger partial charge in [0.15, 0.2) is 17.6 Å². The molecule has 0 spiro atoms. The van der Waals surface area contributed by atoms with Crippen molar-refractivity contribution in [1.82, 2.24) is 9.78 Å². The summed E-state index contributed by atoms with van der Waals surface area (Å²) in [7, 11) is 3.04. The maximum atomic E-state index is 12.8. The van der Waals surface area contributed by atoms with E-state index in [4.69, 9.17) is 14.2 Å². The first-order chi connectivity index (χ1) is 14.8. The molecule has 1 N–H and O–H groups in total. The molecule has 0 unspecified atom stereocenters. The zero-order chi connectivity index (χ0) is 22.5. The molecule has 8 nitrogen and oxygen atoms in total. The van der Waals surface area contributed by atoms with Crippen molar-refractivity contribution in [1.29, 1.82) is 0 Å². The van der Waals surface area contributed by atoms with E-state index in [2.05, 4.69) is 10.4 Å². The third-order valence-electron chi connectivity index (χ3n) is 4.80. The number of anilines is 1. The molecule has 0 aliphatic rings. The Morgan fingerprint density at radius 3 is 2.32 bits per heavy atom. The topological polar surface area (TPSA) is 91.7 Å². The average Bonchev–Trinajstić information content (AvgIpc) is 3.08. The number of rotatable bonds is 7. The number of methoxy groups -OCH3 is 2. The molecule has 162 valence electrons. The van der Waals surface area contributed by atoms with Gasteiger partial charge in [0.2, 0.25) is 0 Å². The Labute approximate surface area is 180 Å². The van der Waals surface area contributed by atoms with E-state index in [0.29, 0.717) is 34.1 Å². The number of aryl methyl sites for hydroxylation is 1. The van der Waals surface area contributed by atoms with Crippen LogP contribution in [-0.4, -0.2) is 42.0 Å². The van der Waals surface area contributed by atoms with Gasteiger partial charge in [-0.3, -0.25) is 4.79 Å². The second kappa shape index (κ2) is 9.34. The van der Waals surface area contributed by atoms with Gasteiger partial charge < -0.3 is 19.5 Å². The van der Waals surface area contributed by atoms with Crippen molar-refractivity contribution in [2.45, 2.75) is 26.9 Å². The molecular weight excluding hydrogens is 398 g/mol. The normalized spacial score (nSPS) is 11.5. The maximum absolute atomic E-state index is 12.8. The highest BCUT2D eigenvalue weighted by atomic mass is 16.5. The van der Waals surface area contributed by atoms with Gasteiger partial charge in [-0.25, -0.2) is 9.48 Å². The molecule has 0 saturated heterocycles. The van der Waals surface area contributed by atoms with Crippen LogP contribution in [0.1, 0.15) is 28.7 Å². The summed E-state index contributed by atoms with van der Waals surface area (Å²) < 4.78 is 17.5. The first-order valence-corrected chi connectivity index (χ1v) is 9.71. The zero-order valence-electron chi connectivity index (χ0n) is 18.1. The van der Waals surface area contributed by atoms with E-state index in [1.54, 1.807) is 36.7 Å². The van der Waals surface area contributed by atoms with Gasteiger partial charge in [0.05, 0.1) is 31.3 Å². The lowest BCUT2D eigenvalue weighted by atomic mass is 10.2. The number of nitrogens with zero attached hydrogens (tertiary/aromatic N) is 2. The van der Waals surface area contributed by atoms with E-state index in [-0.39, 0.29) is 0 Å². The number of para-hydroxylation sites is 1. The van der Waals surface area contributed by atoms with Crippen molar-refractivity contribution in [3.63, 3.8) is 0 Å². The fraction of sp³-hybridized carbons (Fsp3) is 0.261. The number of hydrogen-bond donors (Lipinski definition) is 1. The van der Waals surface area contributed by atoms with E-state index >= 15 is 0 Å². The molecule has 2 aromatic carbocycles. The molecule has 3 rings (SSSR count). The standard InChI is InChI=1S/C23H25N3O5/c1-14-21(15(2)26(25-14)18-9-7-6-8-10-18)23(28)31-16(3)22(27)24-17-11-12-19(29-4)20(13-17)30-5/h6-13,16H,1-5H3,(H,24,27)/t16-/m1/s1. The minimum absolute atomic E-state index is 0.342. The van der Waals surface area contributed by atoms with Crippen LogP contribution < -0.4 is 14.8 Å². The minimum atomic E-state index is -1.01. The van der Waals surface area contributed by atoms with Gasteiger partial charge in [0.25, 0.3) is 5.91 Å². The van der Waals surface area contributed by atoms with Crippen LogP contribution in [0.2, 0.25) is 0 Å². The van der Waals surface area contributed by atoms with Gasteiger partial charge >= 0.3 is 5.97 Å². The molecule has 0 bridgehead atoms. The number of aromatic nitrogens is 2. The van der Waals surface area contributed by atoms with Crippen LogP contribution in [0, 0.1) is 13.8 Å². The Hall–Kier alpha value is -3.81. The predicted molar refractivity (Wildman–Crippen MR) is 116 cm³/mol. The summed E-state index contributed by atoms with van der Waals surface area (Å²) in [6.45, 7) is 5.04. The molecule has 0 aliphatic carbocycles. The highest BCUT2D eigenvalue weighted by Gasteiger charge is 2.25. The van der Waals surface area contributed by atoms with E-state index in [1.165, 1.54) is 21.1 Å². The summed E-state index contributed by atoms with van der Waals surface area (Å²) in [6.07, 6.45) is -1.01. The smallest absolute Gasteiger partial charge is 0.342 e. The molecule has 3 aromatic rings. The largest absolute Gasteiger partial charge is 0.493 e. The second-order valence-corrected chi connectivity index (χ2v) is 6.90. The summed E-state index contributed by atoms with van der Waals surface area (Å²) in [5.74, 6) is -0.0515. The Morgan fingerprint density at radius 1 is 1.00 bits per heavy atom. The van der Waals surface area contributed by atoms with E-state index in [9.17, 15) is 9.59 Å². The summed E-state index contributed by atoms with van der Waals surface area (Å²) in [4.78, 5) is 25.3. The van der Waals surface area contributed by atoms with Gasteiger partial charge in [-0.1, -0.05) is 18.2 Å². The van der Waals surface area contributed by atoms with Crippen molar-refractivity contribution >= 4 is 17.6 Å². The molecule has 31 heavy (non-hydrogen) atoms. The number of hydrogen-bond acceptors (Lipinski definition) is 6. The van der Waals surface area contributed by atoms with Gasteiger partial charge in [0, 0.05) is 11.8 Å². The number of carbonyl (C=O) groups excluding carboxylic acids is 2. The fourth-order valence-electron chi connectivity index (χ4n) is 3.19. The lowest BCUT2D eigenvalue weighted by Gasteiger charge is -2.15. The summed E-state index contributed by atoms with van der Waals surface area (Å²) in [5, 5.41) is 7.16. The lowest BCUT2D eigenvalue weighted by molar-refractivity contribution is -0.123. The molecule has 1 aromatic heterocycles. The highest BCUT2D eigenvalue weighted by molar-refractivity contribution is 5.98. The van der Waals surface area contributed by atoms with Crippen LogP contribution in [0.15, 0.2) is 48.5 Å². The maximum Gasteiger partial charge on any atom is 0.342 e. The number of benzene rings is 2. The molecule has 1 amide bonds. The van der Waals surface area contributed by atoms with Gasteiger partial charge in [0.1, 0.15) is 5.56 Å². The second-order valence-electron chi connectivity index (χ2n) is 6.90. The number of ether oxygens (including phenoxy) is 3. The predicted octanol–water partition coefficient (Wildman–Crippen LogP) is 3.69. The van der Waals surface area contributed by atoms with Gasteiger partial charge in [-0.15, -0.1) is 0 Å². The quantitative estimate of drug-likeness (QED) is 0.583. The van der Waals surface area contributed by atoms with Crippen LogP contribution in [-0.2, 0) is 9.53 Å². The minimum Gasteiger partial charge on any atom is -0.493 e. The van der Waals surface area contributed by atoms with Crippen LogP contribution in [0.4, 0.5) is 5.69 Å². The molecule has 1 atom stereocenters. The van der Waals surface area contributed by atoms with E-state index in [0.717, 1.165) is 5.69 Å². The fourth-order valence-corrected chi connectivity index (χ4v) is 3.19. The highest BCUT2D eigenvalue weighted by Crippen LogP contribution is 2.29. The van der Waals surface area contributed by atoms with Crippen LogP contribution in [0.5, 0.6) is 11.5 Å². The Balaban J connectivity index is 1.72. The number of nitrogens with one attached hydrogen (secondary N) is 1. The average molecular weight is 423 g/mol. The Kier molecular flexibility index (Phi) is 6.59. The van der Waals surface area contributed by atoms with Crippen LogP contribution in [0.3, 0.4) is 0 Å². The van der Waals surface area contributed by atoms with Gasteiger partial charge in [-0.05, 0) is 45.0 Å². The van der Waals surface area contributed by atoms with Crippen molar-refractivity contribution in [2.75, 3.05) is 19.5 Å². The summed E-state index contributed by atoms with van der Waals surface area (Å²) in [5.41, 5.74) is 2.84. The zero-order valence-corrected chi connectivity index (χ0v) is 18.1. The molecule has 0 saturated carbocycles. The molecule has 8 heteroatoms. The Bertz CT molecular complexity index is 1090. The van der Waals surface area contributed by atoms with Crippen molar-refractivity contribution < 1.29 is 23.8 Å². The summed E-state index contributed by atoms with van der Waals surface area (Å²) in [6, 6.07) is 14.5. The van der Waals surface area contributed by atoms with Crippen LogP contribution in [0.25, 0.3) is 5.69 Å². The monoisotopic (exact) mass is 423 g/mol. The molecular formula is C23H25N3O5. The Morgan fingerprint density at radius 2 is 1.68 bits per heavy atom.